The highest BCUT2D eigenvalue weighted by molar-refractivity contribution is 7.10. The van der Waals surface area contributed by atoms with Crippen molar-refractivity contribution in [3.63, 3.8) is 0 Å². The maximum Gasteiger partial charge on any atom is 0.253 e. The van der Waals surface area contributed by atoms with Gasteiger partial charge in [0.15, 0.2) is 0 Å². The zero-order valence-corrected chi connectivity index (χ0v) is 12.5. The maximum absolute atomic E-state index is 12.2. The number of carbonyl (C=O) groups excluding carboxylic acids is 1. The normalized spacial score (nSPS) is 12.2. The van der Waals surface area contributed by atoms with E-state index in [0.29, 0.717) is 10.6 Å². The van der Waals surface area contributed by atoms with Crippen LogP contribution < -0.4 is 5.32 Å². The Bertz CT molecular complexity index is 572. The van der Waals surface area contributed by atoms with Crippen LogP contribution in [0.5, 0.6) is 0 Å². The molecule has 0 saturated heterocycles. The predicted octanol–water partition coefficient (Wildman–Crippen LogP) is 4.33. The van der Waals surface area contributed by atoms with E-state index in [9.17, 15) is 4.79 Å². The second-order valence-electron chi connectivity index (χ2n) is 3.94. The topological polar surface area (TPSA) is 42.0 Å². The molecule has 0 aliphatic rings. The van der Waals surface area contributed by atoms with Crippen molar-refractivity contribution in [1.82, 2.24) is 10.3 Å². The Morgan fingerprint density at radius 2 is 2.32 bits per heavy atom. The molecule has 6 heteroatoms. The molecule has 0 aliphatic heterocycles. The summed E-state index contributed by atoms with van der Waals surface area (Å²) in [7, 11) is 0. The average Bonchev–Trinajstić information content (AvgIpc) is 2.92. The minimum absolute atomic E-state index is 0.0180. The molecule has 0 fully saturated rings. The van der Waals surface area contributed by atoms with E-state index in [1.807, 2.05) is 24.4 Å². The lowest BCUT2D eigenvalue weighted by Crippen LogP contribution is -2.27. The highest BCUT2D eigenvalue weighted by Gasteiger charge is 2.17. The summed E-state index contributed by atoms with van der Waals surface area (Å²) < 4.78 is 0. The van der Waals surface area contributed by atoms with Crippen LogP contribution in [0.15, 0.2) is 29.8 Å². The van der Waals surface area contributed by atoms with Gasteiger partial charge in [0.05, 0.1) is 16.6 Å². The number of nitrogens with zero attached hydrogens (tertiary/aromatic N) is 1. The molecule has 2 heterocycles. The number of nitrogens with one attached hydrogen (secondary N) is 1. The van der Waals surface area contributed by atoms with Crippen molar-refractivity contribution in [2.75, 3.05) is 0 Å². The molecule has 2 rings (SSSR count). The van der Waals surface area contributed by atoms with Gasteiger partial charge in [0.1, 0.15) is 5.15 Å². The summed E-state index contributed by atoms with van der Waals surface area (Å²) >= 11 is 13.4. The predicted molar refractivity (Wildman–Crippen MR) is 79.1 cm³/mol. The summed E-state index contributed by atoms with van der Waals surface area (Å²) in [4.78, 5) is 17.1. The van der Waals surface area contributed by atoms with E-state index in [0.717, 1.165) is 11.3 Å². The van der Waals surface area contributed by atoms with Gasteiger partial charge >= 0.3 is 0 Å². The number of thiophene rings is 1. The van der Waals surface area contributed by atoms with Crippen molar-refractivity contribution in [2.45, 2.75) is 19.4 Å². The first-order chi connectivity index (χ1) is 9.11. The Hall–Kier alpha value is -1.10. The van der Waals surface area contributed by atoms with Crippen LogP contribution in [0.4, 0.5) is 0 Å². The van der Waals surface area contributed by atoms with Crippen LogP contribution in [0.3, 0.4) is 0 Å². The molecule has 19 heavy (non-hydrogen) atoms. The van der Waals surface area contributed by atoms with E-state index in [1.165, 1.54) is 12.3 Å². The molecule has 0 bridgehead atoms. The molecule has 0 spiro atoms. The summed E-state index contributed by atoms with van der Waals surface area (Å²) in [5, 5.41) is 5.48. The van der Waals surface area contributed by atoms with Crippen LogP contribution in [0.1, 0.15) is 34.6 Å². The number of hydrogen-bond acceptors (Lipinski definition) is 3. The van der Waals surface area contributed by atoms with Gasteiger partial charge in [0, 0.05) is 11.1 Å². The molecule has 1 N–H and O–H groups in total. The molecule has 2 aromatic rings. The average molecular weight is 315 g/mol. The van der Waals surface area contributed by atoms with Gasteiger partial charge in [-0.25, -0.2) is 4.98 Å². The van der Waals surface area contributed by atoms with Gasteiger partial charge in [-0.15, -0.1) is 11.3 Å². The second-order valence-corrected chi connectivity index (χ2v) is 5.71. The van der Waals surface area contributed by atoms with Crippen LogP contribution in [0, 0.1) is 0 Å². The highest BCUT2D eigenvalue weighted by Crippen LogP contribution is 2.24. The minimum Gasteiger partial charge on any atom is -0.344 e. The molecule has 0 saturated carbocycles. The lowest BCUT2D eigenvalue weighted by Gasteiger charge is -2.16. The lowest BCUT2D eigenvalue weighted by molar-refractivity contribution is 0.0936. The van der Waals surface area contributed by atoms with Crippen molar-refractivity contribution in [1.29, 1.82) is 0 Å². The zero-order valence-electron chi connectivity index (χ0n) is 10.2. The van der Waals surface area contributed by atoms with E-state index in [-0.39, 0.29) is 17.1 Å². The van der Waals surface area contributed by atoms with Crippen LogP contribution in [-0.2, 0) is 0 Å². The van der Waals surface area contributed by atoms with Crippen LogP contribution in [-0.4, -0.2) is 10.9 Å². The summed E-state index contributed by atoms with van der Waals surface area (Å²) in [6, 6.07) is 5.42. The molecule has 100 valence electrons. The van der Waals surface area contributed by atoms with Gasteiger partial charge in [-0.05, 0) is 23.9 Å². The molecule has 0 aliphatic carbocycles. The van der Waals surface area contributed by atoms with Gasteiger partial charge in [0.25, 0.3) is 5.91 Å². The Morgan fingerprint density at radius 1 is 1.53 bits per heavy atom. The fraction of sp³-hybridized carbons (Fsp3) is 0.231. The van der Waals surface area contributed by atoms with Gasteiger partial charge < -0.3 is 5.32 Å². The number of carbonyl (C=O) groups is 1. The van der Waals surface area contributed by atoms with Gasteiger partial charge in [-0.1, -0.05) is 36.2 Å². The summed E-state index contributed by atoms with van der Waals surface area (Å²) in [6.07, 6.45) is 2.19. The van der Waals surface area contributed by atoms with E-state index < -0.39 is 0 Å². The SMILES string of the molecule is CCC(NC(=O)c1cc(Cl)ncc1Cl)c1cccs1. The number of aromatic nitrogens is 1. The summed E-state index contributed by atoms with van der Waals surface area (Å²) in [5.41, 5.74) is 0.344. The van der Waals surface area contributed by atoms with Crippen molar-refractivity contribution < 1.29 is 4.79 Å². The van der Waals surface area contributed by atoms with Crippen LogP contribution in [0.2, 0.25) is 10.2 Å². The fourth-order valence-corrected chi connectivity index (χ4v) is 2.90. The minimum atomic E-state index is -0.241. The Labute approximate surface area is 125 Å². The Kier molecular flexibility index (Phi) is 4.80. The highest BCUT2D eigenvalue weighted by atomic mass is 35.5. The molecule has 2 aromatic heterocycles. The first-order valence-electron chi connectivity index (χ1n) is 5.77. The third-order valence-corrected chi connectivity index (χ3v) is 4.16. The third kappa shape index (κ3) is 3.47. The van der Waals surface area contributed by atoms with Crippen molar-refractivity contribution in [2.24, 2.45) is 0 Å². The molecule has 0 aromatic carbocycles. The maximum atomic E-state index is 12.2. The van der Waals surface area contributed by atoms with Gasteiger partial charge in [-0.3, -0.25) is 4.79 Å². The molecule has 1 amide bonds. The van der Waals surface area contributed by atoms with Crippen LogP contribution in [0.25, 0.3) is 0 Å². The van der Waals surface area contributed by atoms with Crippen LogP contribution >= 0.6 is 34.5 Å². The largest absolute Gasteiger partial charge is 0.344 e. The summed E-state index contributed by atoms with van der Waals surface area (Å²) in [5.74, 6) is -0.241. The Morgan fingerprint density at radius 3 is 2.95 bits per heavy atom. The first-order valence-corrected chi connectivity index (χ1v) is 7.40. The molecule has 1 atom stereocenters. The molecular formula is C13H12Cl2N2OS. The zero-order chi connectivity index (χ0) is 13.8. The monoisotopic (exact) mass is 314 g/mol. The number of amides is 1. The molecular weight excluding hydrogens is 303 g/mol. The number of rotatable bonds is 4. The molecule has 3 nitrogen and oxygen atoms in total. The fourth-order valence-electron chi connectivity index (χ4n) is 1.69. The van der Waals surface area contributed by atoms with E-state index >= 15 is 0 Å². The first kappa shape index (κ1) is 14.3. The third-order valence-electron chi connectivity index (χ3n) is 2.67. The standard InChI is InChI=1S/C13H12Cl2N2OS/c1-2-10(11-4-3-5-19-11)17-13(18)8-6-12(15)16-7-9(8)14/h3-7,10H,2H2,1H3,(H,17,18). The molecule has 1 unspecified atom stereocenters. The van der Waals surface area contributed by atoms with Crippen molar-refractivity contribution in [3.05, 3.63) is 50.4 Å². The van der Waals surface area contributed by atoms with Crippen molar-refractivity contribution in [3.8, 4) is 0 Å². The van der Waals surface area contributed by atoms with Gasteiger partial charge in [0.2, 0.25) is 0 Å². The van der Waals surface area contributed by atoms with E-state index in [4.69, 9.17) is 23.2 Å². The smallest absolute Gasteiger partial charge is 0.253 e. The summed E-state index contributed by atoms with van der Waals surface area (Å²) in [6.45, 7) is 2.02. The Balaban J connectivity index is 2.18. The lowest BCUT2D eigenvalue weighted by atomic mass is 10.1. The quantitative estimate of drug-likeness (QED) is 0.853. The second kappa shape index (κ2) is 6.37. The molecule has 0 radical (unpaired) electrons. The number of hydrogen-bond donors (Lipinski definition) is 1. The number of pyridine rings is 1. The van der Waals surface area contributed by atoms with E-state index in [2.05, 4.69) is 10.3 Å². The van der Waals surface area contributed by atoms with Crippen molar-refractivity contribution >= 4 is 40.4 Å². The van der Waals surface area contributed by atoms with Gasteiger partial charge in [-0.2, -0.15) is 0 Å². The van der Waals surface area contributed by atoms with E-state index in [1.54, 1.807) is 11.3 Å². The number of halogens is 2.